The predicted molar refractivity (Wildman–Crippen MR) is 81.8 cm³/mol. The SMILES string of the molecule is CC1(C)CCC(CN)(Nc2ccc(F)c(Br)c2)CC1. The first-order valence-electron chi connectivity index (χ1n) is 6.79. The summed E-state index contributed by atoms with van der Waals surface area (Å²) in [5.41, 5.74) is 7.28. The Morgan fingerprint density at radius 3 is 2.42 bits per heavy atom. The van der Waals surface area contributed by atoms with E-state index in [0.29, 0.717) is 16.4 Å². The minimum atomic E-state index is -0.239. The van der Waals surface area contributed by atoms with Gasteiger partial charge in [-0.05, 0) is 65.2 Å². The highest BCUT2D eigenvalue weighted by Gasteiger charge is 2.37. The Labute approximate surface area is 123 Å². The zero-order valence-corrected chi connectivity index (χ0v) is 13.2. The molecule has 0 amide bonds. The van der Waals surface area contributed by atoms with Crippen LogP contribution in [0.2, 0.25) is 0 Å². The molecular formula is C15H22BrFN2. The Morgan fingerprint density at radius 2 is 1.89 bits per heavy atom. The third-order valence-electron chi connectivity index (χ3n) is 4.28. The summed E-state index contributed by atoms with van der Waals surface area (Å²) in [5.74, 6) is -0.239. The first-order valence-corrected chi connectivity index (χ1v) is 7.59. The summed E-state index contributed by atoms with van der Waals surface area (Å²) in [6, 6.07) is 5.03. The van der Waals surface area contributed by atoms with E-state index in [1.807, 2.05) is 0 Å². The molecule has 2 nitrogen and oxygen atoms in total. The van der Waals surface area contributed by atoms with E-state index >= 15 is 0 Å². The number of hydrogen-bond donors (Lipinski definition) is 2. The molecule has 0 bridgehead atoms. The Hall–Kier alpha value is -0.610. The molecule has 1 fully saturated rings. The lowest BCUT2D eigenvalue weighted by molar-refractivity contribution is 0.182. The molecule has 1 aliphatic carbocycles. The van der Waals surface area contributed by atoms with E-state index in [1.165, 1.54) is 18.9 Å². The van der Waals surface area contributed by atoms with Gasteiger partial charge in [0.15, 0.2) is 0 Å². The molecule has 0 radical (unpaired) electrons. The molecule has 0 heterocycles. The average molecular weight is 329 g/mol. The second-order valence-electron chi connectivity index (χ2n) is 6.40. The highest BCUT2D eigenvalue weighted by molar-refractivity contribution is 9.10. The van der Waals surface area contributed by atoms with E-state index in [4.69, 9.17) is 5.73 Å². The molecule has 0 aliphatic heterocycles. The first-order chi connectivity index (χ1) is 8.86. The van der Waals surface area contributed by atoms with Crippen LogP contribution in [0, 0.1) is 11.2 Å². The second kappa shape index (κ2) is 5.41. The molecule has 0 saturated heterocycles. The molecule has 19 heavy (non-hydrogen) atoms. The number of hydrogen-bond acceptors (Lipinski definition) is 2. The van der Waals surface area contributed by atoms with Gasteiger partial charge >= 0.3 is 0 Å². The summed E-state index contributed by atoms with van der Waals surface area (Å²) in [6.07, 6.45) is 4.45. The van der Waals surface area contributed by atoms with Gasteiger partial charge in [-0.25, -0.2) is 4.39 Å². The van der Waals surface area contributed by atoms with Crippen molar-refractivity contribution in [3.8, 4) is 0 Å². The van der Waals surface area contributed by atoms with Crippen molar-refractivity contribution in [3.63, 3.8) is 0 Å². The minimum absolute atomic E-state index is 0.0488. The van der Waals surface area contributed by atoms with E-state index in [-0.39, 0.29) is 11.4 Å². The van der Waals surface area contributed by atoms with Gasteiger partial charge in [0.2, 0.25) is 0 Å². The highest BCUT2D eigenvalue weighted by Crippen LogP contribution is 2.41. The lowest BCUT2D eigenvalue weighted by atomic mass is 9.69. The second-order valence-corrected chi connectivity index (χ2v) is 7.26. The molecular weight excluding hydrogens is 307 g/mol. The Balaban J connectivity index is 2.13. The normalized spacial score (nSPS) is 21.1. The summed E-state index contributed by atoms with van der Waals surface area (Å²) >= 11 is 3.22. The van der Waals surface area contributed by atoms with Crippen molar-refractivity contribution >= 4 is 21.6 Å². The maximum absolute atomic E-state index is 13.3. The van der Waals surface area contributed by atoms with Crippen molar-refractivity contribution in [2.24, 2.45) is 11.1 Å². The van der Waals surface area contributed by atoms with Crippen LogP contribution in [-0.4, -0.2) is 12.1 Å². The summed E-state index contributed by atoms with van der Waals surface area (Å²) in [6.45, 7) is 5.22. The van der Waals surface area contributed by atoms with Gasteiger partial charge in [0.05, 0.1) is 4.47 Å². The monoisotopic (exact) mass is 328 g/mol. The first kappa shape index (κ1) is 14.8. The Kier molecular flexibility index (Phi) is 4.21. The maximum Gasteiger partial charge on any atom is 0.137 e. The lowest BCUT2D eigenvalue weighted by Crippen LogP contribution is -2.49. The summed E-state index contributed by atoms with van der Waals surface area (Å²) in [4.78, 5) is 0. The molecule has 106 valence electrons. The predicted octanol–water partition coefficient (Wildman–Crippen LogP) is 4.30. The van der Waals surface area contributed by atoms with Gasteiger partial charge < -0.3 is 11.1 Å². The Bertz CT molecular complexity index is 449. The molecule has 0 spiro atoms. The van der Waals surface area contributed by atoms with Gasteiger partial charge in [-0.2, -0.15) is 0 Å². The Morgan fingerprint density at radius 1 is 1.26 bits per heavy atom. The zero-order chi connectivity index (χ0) is 14.1. The van der Waals surface area contributed by atoms with Crippen molar-refractivity contribution in [3.05, 3.63) is 28.5 Å². The summed E-state index contributed by atoms with van der Waals surface area (Å²) < 4.78 is 13.7. The van der Waals surface area contributed by atoms with Crippen molar-refractivity contribution in [1.29, 1.82) is 0 Å². The summed E-state index contributed by atoms with van der Waals surface area (Å²) in [7, 11) is 0. The van der Waals surface area contributed by atoms with Gasteiger partial charge in [-0.15, -0.1) is 0 Å². The van der Waals surface area contributed by atoms with Crippen LogP contribution in [0.1, 0.15) is 39.5 Å². The van der Waals surface area contributed by atoms with Crippen molar-refractivity contribution in [2.75, 3.05) is 11.9 Å². The van der Waals surface area contributed by atoms with Crippen LogP contribution in [0.25, 0.3) is 0 Å². The number of nitrogens with two attached hydrogens (primary N) is 1. The van der Waals surface area contributed by atoms with Crippen LogP contribution in [0.15, 0.2) is 22.7 Å². The molecule has 2 rings (SSSR count). The average Bonchev–Trinajstić information content (AvgIpc) is 2.37. The van der Waals surface area contributed by atoms with E-state index in [1.54, 1.807) is 12.1 Å². The lowest BCUT2D eigenvalue weighted by Gasteiger charge is -2.44. The third-order valence-corrected chi connectivity index (χ3v) is 4.89. The third kappa shape index (κ3) is 3.48. The van der Waals surface area contributed by atoms with Crippen LogP contribution in [-0.2, 0) is 0 Å². The van der Waals surface area contributed by atoms with Crippen LogP contribution in [0.3, 0.4) is 0 Å². The minimum Gasteiger partial charge on any atom is -0.378 e. The van der Waals surface area contributed by atoms with Gasteiger partial charge in [0.1, 0.15) is 5.82 Å². The van der Waals surface area contributed by atoms with Gasteiger partial charge in [-0.3, -0.25) is 0 Å². The van der Waals surface area contributed by atoms with Crippen LogP contribution in [0.4, 0.5) is 10.1 Å². The molecule has 0 atom stereocenters. The quantitative estimate of drug-likeness (QED) is 0.868. The number of benzene rings is 1. The van der Waals surface area contributed by atoms with Crippen LogP contribution >= 0.6 is 15.9 Å². The van der Waals surface area contributed by atoms with Gasteiger partial charge in [0.25, 0.3) is 0 Å². The largest absolute Gasteiger partial charge is 0.378 e. The van der Waals surface area contributed by atoms with E-state index in [2.05, 4.69) is 35.1 Å². The standard InChI is InChI=1S/C15H22BrFN2/c1-14(2)5-7-15(10-18,8-6-14)19-11-3-4-13(17)12(16)9-11/h3-4,9,19H,5-8,10,18H2,1-2H3. The van der Waals surface area contributed by atoms with E-state index in [0.717, 1.165) is 18.5 Å². The zero-order valence-electron chi connectivity index (χ0n) is 11.6. The molecule has 0 aromatic heterocycles. The molecule has 4 heteroatoms. The van der Waals surface area contributed by atoms with E-state index in [9.17, 15) is 4.39 Å². The molecule has 0 unspecified atom stereocenters. The fourth-order valence-electron chi connectivity index (χ4n) is 2.67. The number of rotatable bonds is 3. The topological polar surface area (TPSA) is 38.0 Å². The highest BCUT2D eigenvalue weighted by atomic mass is 79.9. The van der Waals surface area contributed by atoms with Crippen molar-refractivity contribution < 1.29 is 4.39 Å². The number of anilines is 1. The molecule has 1 aromatic rings. The number of nitrogens with one attached hydrogen (secondary N) is 1. The van der Waals surface area contributed by atoms with Crippen LogP contribution in [0.5, 0.6) is 0 Å². The fraction of sp³-hybridized carbons (Fsp3) is 0.600. The molecule has 1 saturated carbocycles. The molecule has 1 aromatic carbocycles. The van der Waals surface area contributed by atoms with E-state index < -0.39 is 0 Å². The van der Waals surface area contributed by atoms with Crippen LogP contribution < -0.4 is 11.1 Å². The molecule has 1 aliphatic rings. The number of halogens is 2. The van der Waals surface area contributed by atoms with Gasteiger partial charge in [-0.1, -0.05) is 13.8 Å². The smallest absolute Gasteiger partial charge is 0.137 e. The van der Waals surface area contributed by atoms with Crippen molar-refractivity contribution in [2.45, 2.75) is 45.1 Å². The summed E-state index contributed by atoms with van der Waals surface area (Å²) in [5, 5.41) is 3.53. The fourth-order valence-corrected chi connectivity index (χ4v) is 3.04. The molecule has 3 N–H and O–H groups in total. The van der Waals surface area contributed by atoms with Crippen molar-refractivity contribution in [1.82, 2.24) is 0 Å². The maximum atomic E-state index is 13.3. The van der Waals surface area contributed by atoms with Gasteiger partial charge in [0, 0.05) is 17.8 Å².